The molecule has 0 atom stereocenters. The maximum atomic E-state index is 12.5. The van der Waals surface area contributed by atoms with Crippen LogP contribution in [0.4, 0.5) is 5.69 Å². The number of thioether (sulfide) groups is 1. The van der Waals surface area contributed by atoms with E-state index in [1.807, 2.05) is 18.2 Å². The Morgan fingerprint density at radius 3 is 3.00 bits per heavy atom. The topological polar surface area (TPSA) is 79.1 Å². The monoisotopic (exact) mass is 334 g/mol. The number of ether oxygens (including phenoxy) is 1. The number of hydrogen-bond acceptors (Lipinski definition) is 7. The van der Waals surface area contributed by atoms with Gasteiger partial charge in [0.2, 0.25) is 5.91 Å². The molecule has 22 heavy (non-hydrogen) atoms. The quantitative estimate of drug-likeness (QED) is 0.724. The van der Waals surface area contributed by atoms with Crippen molar-refractivity contribution in [1.29, 1.82) is 5.26 Å². The first-order valence-electron chi connectivity index (χ1n) is 6.45. The zero-order valence-electron chi connectivity index (χ0n) is 11.9. The molecule has 6 nitrogen and oxygen atoms in total. The van der Waals surface area contributed by atoms with Crippen LogP contribution in [-0.4, -0.2) is 35.5 Å². The molecule has 0 saturated carbocycles. The third-order valence-electron chi connectivity index (χ3n) is 2.78. The molecule has 1 heterocycles. The first-order valence-corrected chi connectivity index (χ1v) is 8.32. The highest BCUT2D eigenvalue weighted by Crippen LogP contribution is 2.29. The zero-order chi connectivity index (χ0) is 15.8. The fourth-order valence-corrected chi connectivity index (χ4v) is 3.19. The van der Waals surface area contributed by atoms with Gasteiger partial charge >= 0.3 is 0 Å². The fourth-order valence-electron chi connectivity index (χ4n) is 1.82. The van der Waals surface area contributed by atoms with Crippen molar-refractivity contribution in [3.8, 4) is 11.8 Å². The molecule has 0 fully saturated rings. The lowest BCUT2D eigenvalue weighted by Gasteiger charge is -2.23. The van der Waals surface area contributed by atoms with Crippen LogP contribution >= 0.6 is 23.1 Å². The van der Waals surface area contributed by atoms with E-state index in [0.29, 0.717) is 18.0 Å². The molecule has 0 aliphatic heterocycles. The fraction of sp³-hybridized carbons (Fsp3) is 0.286. The molecule has 0 aliphatic rings. The van der Waals surface area contributed by atoms with Crippen molar-refractivity contribution in [2.24, 2.45) is 0 Å². The van der Waals surface area contributed by atoms with E-state index in [9.17, 15) is 4.79 Å². The van der Waals surface area contributed by atoms with Gasteiger partial charge in [-0.15, -0.1) is 10.2 Å². The van der Waals surface area contributed by atoms with E-state index in [0.717, 1.165) is 4.34 Å². The molecule has 0 spiro atoms. The van der Waals surface area contributed by atoms with Crippen LogP contribution in [0.2, 0.25) is 0 Å². The normalized spacial score (nSPS) is 10.0. The lowest BCUT2D eigenvalue weighted by atomic mass is 10.2. The molecule has 2 rings (SSSR count). The van der Waals surface area contributed by atoms with Gasteiger partial charge in [0.15, 0.2) is 4.34 Å². The number of methoxy groups -OCH3 is 1. The molecular formula is C14H14N4O2S2. The van der Waals surface area contributed by atoms with Crippen molar-refractivity contribution in [2.75, 3.05) is 24.3 Å². The van der Waals surface area contributed by atoms with E-state index in [1.54, 1.807) is 23.6 Å². The molecule has 0 aliphatic carbocycles. The highest BCUT2D eigenvalue weighted by molar-refractivity contribution is 8.01. The van der Waals surface area contributed by atoms with Gasteiger partial charge in [-0.05, 0) is 12.1 Å². The van der Waals surface area contributed by atoms with Gasteiger partial charge in [-0.1, -0.05) is 35.2 Å². The predicted octanol–water partition coefficient (Wildman–Crippen LogP) is 2.59. The van der Waals surface area contributed by atoms with Gasteiger partial charge in [-0.3, -0.25) is 4.79 Å². The third kappa shape index (κ3) is 4.19. The first kappa shape index (κ1) is 16.3. The highest BCUT2D eigenvalue weighted by Gasteiger charge is 2.19. The predicted molar refractivity (Wildman–Crippen MR) is 86.2 cm³/mol. The minimum Gasteiger partial charge on any atom is -0.495 e. The Morgan fingerprint density at radius 2 is 2.32 bits per heavy atom. The summed E-state index contributed by atoms with van der Waals surface area (Å²) in [6.07, 6.45) is 0.257. The van der Waals surface area contributed by atoms with Gasteiger partial charge in [0.25, 0.3) is 0 Å². The van der Waals surface area contributed by atoms with Crippen LogP contribution in [0.5, 0.6) is 5.75 Å². The number of para-hydroxylation sites is 2. The van der Waals surface area contributed by atoms with E-state index in [4.69, 9.17) is 10.00 Å². The standard InChI is InChI=1S/C14H14N4O2S2/c1-20-12-6-3-2-5-11(12)18(8-4-7-15)13(19)9-21-14-17-16-10-22-14/h2-3,5-6,10H,4,8-9H2,1H3. The molecule has 1 amide bonds. The van der Waals surface area contributed by atoms with Gasteiger partial charge < -0.3 is 9.64 Å². The molecule has 1 aromatic heterocycles. The molecular weight excluding hydrogens is 320 g/mol. The maximum absolute atomic E-state index is 12.5. The summed E-state index contributed by atoms with van der Waals surface area (Å²) in [6, 6.07) is 9.34. The maximum Gasteiger partial charge on any atom is 0.237 e. The minimum absolute atomic E-state index is 0.0973. The van der Waals surface area contributed by atoms with Crippen molar-refractivity contribution in [1.82, 2.24) is 10.2 Å². The van der Waals surface area contributed by atoms with E-state index in [2.05, 4.69) is 16.3 Å². The average Bonchev–Trinajstić information content (AvgIpc) is 3.07. The molecule has 114 valence electrons. The second-order valence-electron chi connectivity index (χ2n) is 4.12. The summed E-state index contributed by atoms with van der Waals surface area (Å²) in [5.74, 6) is 0.744. The highest BCUT2D eigenvalue weighted by atomic mass is 32.2. The summed E-state index contributed by atoms with van der Waals surface area (Å²) in [7, 11) is 1.56. The zero-order valence-corrected chi connectivity index (χ0v) is 13.6. The van der Waals surface area contributed by atoms with Crippen molar-refractivity contribution in [2.45, 2.75) is 10.8 Å². The largest absolute Gasteiger partial charge is 0.495 e. The lowest BCUT2D eigenvalue weighted by molar-refractivity contribution is -0.116. The lowest BCUT2D eigenvalue weighted by Crippen LogP contribution is -2.33. The smallest absolute Gasteiger partial charge is 0.237 e. The molecule has 8 heteroatoms. The number of nitriles is 1. The molecule has 0 unspecified atom stereocenters. The molecule has 2 aromatic rings. The number of hydrogen-bond donors (Lipinski definition) is 0. The summed E-state index contributed by atoms with van der Waals surface area (Å²) < 4.78 is 6.05. The molecule has 0 saturated heterocycles. The second-order valence-corrected chi connectivity index (χ2v) is 6.17. The van der Waals surface area contributed by atoms with Crippen LogP contribution in [0.1, 0.15) is 6.42 Å². The van der Waals surface area contributed by atoms with E-state index in [1.165, 1.54) is 23.1 Å². The third-order valence-corrected chi connectivity index (χ3v) is 4.63. The van der Waals surface area contributed by atoms with E-state index >= 15 is 0 Å². The minimum atomic E-state index is -0.0973. The summed E-state index contributed by atoms with van der Waals surface area (Å²) in [5, 5.41) is 16.4. The number of rotatable bonds is 7. The van der Waals surface area contributed by atoms with Crippen LogP contribution in [0.25, 0.3) is 0 Å². The number of aromatic nitrogens is 2. The number of amides is 1. The van der Waals surface area contributed by atoms with Crippen LogP contribution in [0.15, 0.2) is 34.1 Å². The summed E-state index contributed by atoms with van der Waals surface area (Å²) in [6.45, 7) is 0.326. The Morgan fingerprint density at radius 1 is 1.50 bits per heavy atom. The van der Waals surface area contributed by atoms with E-state index in [-0.39, 0.29) is 18.1 Å². The second kappa shape index (κ2) is 8.36. The van der Waals surface area contributed by atoms with Gasteiger partial charge in [0, 0.05) is 6.54 Å². The molecule has 0 N–H and O–H groups in total. The van der Waals surface area contributed by atoms with Crippen molar-refractivity contribution in [3.63, 3.8) is 0 Å². The molecule has 1 aromatic carbocycles. The van der Waals surface area contributed by atoms with Crippen LogP contribution < -0.4 is 9.64 Å². The summed E-state index contributed by atoms with van der Waals surface area (Å²) in [5.41, 5.74) is 2.30. The number of benzene rings is 1. The van der Waals surface area contributed by atoms with Crippen LogP contribution in [0, 0.1) is 11.3 Å². The van der Waals surface area contributed by atoms with Crippen LogP contribution in [0.3, 0.4) is 0 Å². The average molecular weight is 334 g/mol. The number of anilines is 1. The van der Waals surface area contributed by atoms with Crippen LogP contribution in [-0.2, 0) is 4.79 Å². The Balaban J connectivity index is 2.14. The van der Waals surface area contributed by atoms with Gasteiger partial charge in [-0.25, -0.2) is 0 Å². The summed E-state index contributed by atoms with van der Waals surface area (Å²) >= 11 is 2.73. The molecule has 0 radical (unpaired) electrons. The molecule has 0 bridgehead atoms. The Kier molecular flexibility index (Phi) is 6.18. The SMILES string of the molecule is COc1ccccc1N(CCC#N)C(=O)CSc1nncs1. The van der Waals surface area contributed by atoms with Gasteiger partial charge in [0.05, 0.1) is 31.0 Å². The van der Waals surface area contributed by atoms with Crippen molar-refractivity contribution < 1.29 is 9.53 Å². The van der Waals surface area contributed by atoms with Crippen molar-refractivity contribution >= 4 is 34.7 Å². The number of carbonyl (C=O) groups is 1. The Labute approximate surface area is 136 Å². The summed E-state index contributed by atoms with van der Waals surface area (Å²) in [4.78, 5) is 14.1. The first-order chi connectivity index (χ1) is 10.8. The van der Waals surface area contributed by atoms with Crippen molar-refractivity contribution in [3.05, 3.63) is 29.8 Å². The Hall–Kier alpha value is -2.11. The Bertz CT molecular complexity index is 655. The van der Waals surface area contributed by atoms with E-state index < -0.39 is 0 Å². The number of nitrogens with zero attached hydrogens (tertiary/aromatic N) is 4. The number of carbonyl (C=O) groups excluding carboxylic acids is 1. The van der Waals surface area contributed by atoms with Gasteiger partial charge in [0.1, 0.15) is 11.3 Å². The van der Waals surface area contributed by atoms with Gasteiger partial charge in [-0.2, -0.15) is 5.26 Å².